The van der Waals surface area contributed by atoms with Crippen molar-refractivity contribution in [3.05, 3.63) is 63.4 Å². The minimum Gasteiger partial charge on any atom is -0.349 e. The number of fused-ring (bicyclic) bond motifs is 1. The van der Waals surface area contributed by atoms with Gasteiger partial charge in [0.05, 0.1) is 27.9 Å². The van der Waals surface area contributed by atoms with Crippen LogP contribution in [0.3, 0.4) is 0 Å². The van der Waals surface area contributed by atoms with Crippen LogP contribution < -0.4 is 16.2 Å². The summed E-state index contributed by atoms with van der Waals surface area (Å²) in [7, 11) is 0. The van der Waals surface area contributed by atoms with E-state index in [1.54, 1.807) is 47.0 Å². The van der Waals surface area contributed by atoms with Gasteiger partial charge in [-0.3, -0.25) is 19.0 Å². The first-order chi connectivity index (χ1) is 16.5. The number of carbonyl (C=O) groups excluding carboxylic acids is 2. The highest BCUT2D eigenvalue weighted by molar-refractivity contribution is 7.99. The van der Waals surface area contributed by atoms with Gasteiger partial charge in [0.25, 0.3) is 11.5 Å². The number of hydrogen-bond donors (Lipinski definition) is 2. The highest BCUT2D eigenvalue weighted by atomic mass is 35.5. The standard InChI is InChI=1S/C25H27ClN4O3S/c1-2-3-6-13-30-24(33)19-12-9-16(26)14-21(19)29-25(30)34-15-22(31)28-20-8-5-4-7-18(20)23(32)27-17-10-11-17/h4-5,7-9,12,14,17H,2-3,6,10-11,13,15H2,1H3,(H,27,32)(H,28,31). The van der Waals surface area contributed by atoms with Crippen LogP contribution in [0.4, 0.5) is 5.69 Å². The number of halogens is 1. The molecule has 1 aliphatic carbocycles. The van der Waals surface area contributed by atoms with Crippen LogP contribution >= 0.6 is 23.4 Å². The average molecular weight is 499 g/mol. The maximum absolute atomic E-state index is 13.1. The Morgan fingerprint density at radius 2 is 1.97 bits per heavy atom. The van der Waals surface area contributed by atoms with Crippen molar-refractivity contribution in [1.29, 1.82) is 0 Å². The van der Waals surface area contributed by atoms with Gasteiger partial charge in [0, 0.05) is 17.6 Å². The molecule has 1 heterocycles. The van der Waals surface area contributed by atoms with Gasteiger partial charge in [-0.1, -0.05) is 55.3 Å². The molecule has 0 atom stereocenters. The first kappa shape index (κ1) is 24.3. The Morgan fingerprint density at radius 1 is 1.18 bits per heavy atom. The fourth-order valence-electron chi connectivity index (χ4n) is 3.60. The summed E-state index contributed by atoms with van der Waals surface area (Å²) in [5.41, 5.74) is 1.27. The van der Waals surface area contributed by atoms with E-state index in [0.717, 1.165) is 32.1 Å². The van der Waals surface area contributed by atoms with E-state index < -0.39 is 0 Å². The minimum atomic E-state index is -0.280. The molecule has 4 rings (SSSR count). The van der Waals surface area contributed by atoms with Crippen molar-refractivity contribution in [3.63, 3.8) is 0 Å². The minimum absolute atomic E-state index is 0.0465. The first-order valence-electron chi connectivity index (χ1n) is 11.5. The molecular weight excluding hydrogens is 472 g/mol. The topological polar surface area (TPSA) is 93.1 Å². The Morgan fingerprint density at radius 3 is 2.74 bits per heavy atom. The number of nitrogens with zero attached hydrogens (tertiary/aromatic N) is 2. The van der Waals surface area contributed by atoms with E-state index in [1.165, 1.54) is 11.8 Å². The molecule has 34 heavy (non-hydrogen) atoms. The fourth-order valence-corrected chi connectivity index (χ4v) is 4.59. The van der Waals surface area contributed by atoms with Gasteiger partial charge in [-0.25, -0.2) is 4.98 Å². The third-order valence-electron chi connectivity index (χ3n) is 5.56. The van der Waals surface area contributed by atoms with Crippen molar-refractivity contribution in [2.75, 3.05) is 11.1 Å². The number of para-hydroxylation sites is 1. The van der Waals surface area contributed by atoms with Crippen molar-refractivity contribution in [3.8, 4) is 0 Å². The van der Waals surface area contributed by atoms with E-state index >= 15 is 0 Å². The number of hydrogen-bond acceptors (Lipinski definition) is 5. The molecule has 9 heteroatoms. The second-order valence-corrected chi connectivity index (χ2v) is 9.73. The highest BCUT2D eigenvalue weighted by Crippen LogP contribution is 2.23. The van der Waals surface area contributed by atoms with Crippen LogP contribution in [0, 0.1) is 0 Å². The number of benzene rings is 2. The van der Waals surface area contributed by atoms with Gasteiger partial charge < -0.3 is 10.6 Å². The lowest BCUT2D eigenvalue weighted by Gasteiger charge is -2.14. The van der Waals surface area contributed by atoms with Gasteiger partial charge in [0.15, 0.2) is 5.16 Å². The average Bonchev–Trinajstić information content (AvgIpc) is 3.63. The zero-order chi connectivity index (χ0) is 24.1. The molecule has 0 radical (unpaired) electrons. The number of thioether (sulfide) groups is 1. The predicted octanol–water partition coefficient (Wildman–Crippen LogP) is 4.86. The molecule has 0 unspecified atom stereocenters. The summed E-state index contributed by atoms with van der Waals surface area (Å²) < 4.78 is 1.64. The van der Waals surface area contributed by atoms with E-state index in [4.69, 9.17) is 11.6 Å². The van der Waals surface area contributed by atoms with Crippen LogP contribution in [-0.2, 0) is 11.3 Å². The lowest BCUT2D eigenvalue weighted by Crippen LogP contribution is -2.27. The molecule has 2 aromatic carbocycles. The third-order valence-corrected chi connectivity index (χ3v) is 6.77. The summed E-state index contributed by atoms with van der Waals surface area (Å²) in [4.78, 5) is 43.0. The summed E-state index contributed by atoms with van der Waals surface area (Å²) in [6.07, 6.45) is 4.85. The van der Waals surface area contributed by atoms with Gasteiger partial charge in [-0.2, -0.15) is 0 Å². The van der Waals surface area contributed by atoms with Crippen molar-refractivity contribution < 1.29 is 9.59 Å². The number of unbranched alkanes of at least 4 members (excludes halogenated alkanes) is 2. The molecule has 3 aromatic rings. The number of nitrogens with one attached hydrogen (secondary N) is 2. The van der Waals surface area contributed by atoms with Gasteiger partial charge in [0.2, 0.25) is 5.91 Å². The van der Waals surface area contributed by atoms with Gasteiger partial charge in [-0.05, 0) is 49.6 Å². The smallest absolute Gasteiger partial charge is 0.262 e. The summed E-state index contributed by atoms with van der Waals surface area (Å²) in [6, 6.07) is 12.2. The van der Waals surface area contributed by atoms with E-state index in [2.05, 4.69) is 22.5 Å². The largest absolute Gasteiger partial charge is 0.349 e. The number of rotatable bonds is 10. The van der Waals surface area contributed by atoms with E-state index in [9.17, 15) is 14.4 Å². The van der Waals surface area contributed by atoms with Crippen molar-refractivity contribution in [2.45, 2.75) is 56.8 Å². The third kappa shape index (κ3) is 5.98. The van der Waals surface area contributed by atoms with Crippen LogP contribution in [0.15, 0.2) is 52.4 Å². The Bertz CT molecular complexity index is 1270. The SMILES string of the molecule is CCCCCn1c(SCC(=O)Nc2ccccc2C(=O)NC2CC2)nc2cc(Cl)ccc2c1=O. The lowest BCUT2D eigenvalue weighted by atomic mass is 10.1. The number of aromatic nitrogens is 2. The molecule has 2 amide bonds. The molecule has 178 valence electrons. The summed E-state index contributed by atoms with van der Waals surface area (Å²) in [6.45, 7) is 2.64. The number of carbonyl (C=O) groups is 2. The first-order valence-corrected chi connectivity index (χ1v) is 12.8. The number of anilines is 1. The van der Waals surface area contributed by atoms with Gasteiger partial charge in [-0.15, -0.1) is 0 Å². The second kappa shape index (κ2) is 11.1. The second-order valence-electron chi connectivity index (χ2n) is 8.35. The van der Waals surface area contributed by atoms with E-state index in [1.807, 2.05) is 0 Å². The Kier molecular flexibility index (Phi) is 7.90. The van der Waals surface area contributed by atoms with Crippen molar-refractivity contribution in [2.24, 2.45) is 0 Å². The molecule has 2 N–H and O–H groups in total. The molecule has 1 saturated carbocycles. The Balaban J connectivity index is 1.51. The van der Waals surface area contributed by atoms with Crippen LogP contribution in [0.25, 0.3) is 10.9 Å². The maximum atomic E-state index is 13.1. The molecule has 1 aromatic heterocycles. The maximum Gasteiger partial charge on any atom is 0.262 e. The fraction of sp³-hybridized carbons (Fsp3) is 0.360. The van der Waals surface area contributed by atoms with Crippen LogP contribution in [0.1, 0.15) is 49.4 Å². The van der Waals surface area contributed by atoms with E-state index in [-0.39, 0.29) is 29.2 Å². The van der Waals surface area contributed by atoms with Gasteiger partial charge in [0.1, 0.15) is 0 Å². The predicted molar refractivity (Wildman–Crippen MR) is 137 cm³/mol. The zero-order valence-corrected chi connectivity index (χ0v) is 20.5. The quantitative estimate of drug-likeness (QED) is 0.236. The Hall–Kier alpha value is -2.84. The molecule has 7 nitrogen and oxygen atoms in total. The Labute approximate surface area is 207 Å². The summed E-state index contributed by atoms with van der Waals surface area (Å²) in [5, 5.41) is 7.26. The molecular formula is C25H27ClN4O3S. The van der Waals surface area contributed by atoms with Gasteiger partial charge >= 0.3 is 0 Å². The molecule has 0 bridgehead atoms. The monoisotopic (exact) mass is 498 g/mol. The molecule has 1 aliphatic rings. The van der Waals surface area contributed by atoms with E-state index in [0.29, 0.717) is 38.9 Å². The van der Waals surface area contributed by atoms with Crippen LogP contribution in [-0.4, -0.2) is 33.2 Å². The molecule has 0 saturated heterocycles. The molecule has 0 aliphatic heterocycles. The zero-order valence-electron chi connectivity index (χ0n) is 19.0. The van der Waals surface area contributed by atoms with Crippen LogP contribution in [0.2, 0.25) is 5.02 Å². The summed E-state index contributed by atoms with van der Waals surface area (Å²) in [5.74, 6) is -0.425. The lowest BCUT2D eigenvalue weighted by molar-refractivity contribution is -0.113. The number of amides is 2. The van der Waals surface area contributed by atoms with Crippen molar-refractivity contribution in [1.82, 2.24) is 14.9 Å². The van der Waals surface area contributed by atoms with Crippen molar-refractivity contribution >= 4 is 51.8 Å². The summed E-state index contributed by atoms with van der Waals surface area (Å²) >= 11 is 7.30. The normalized spacial score (nSPS) is 13.1. The molecule has 1 fully saturated rings. The highest BCUT2D eigenvalue weighted by Gasteiger charge is 2.25. The van der Waals surface area contributed by atoms with Crippen LogP contribution in [0.5, 0.6) is 0 Å². The molecule has 0 spiro atoms.